The van der Waals surface area contributed by atoms with Crippen molar-refractivity contribution < 1.29 is 9.90 Å². The number of nitrogens with one attached hydrogen (secondary N) is 2. The maximum Gasteiger partial charge on any atom is 0.238 e. The Bertz CT molecular complexity index is 922. The largest absolute Gasteiger partial charge is 0.506 e. The van der Waals surface area contributed by atoms with E-state index in [2.05, 4.69) is 27.4 Å². The lowest BCUT2D eigenvalue weighted by molar-refractivity contribution is -0.116. The Morgan fingerprint density at radius 2 is 1.84 bits per heavy atom. The number of anilines is 2. The van der Waals surface area contributed by atoms with E-state index in [1.165, 1.54) is 0 Å². The Morgan fingerprint density at radius 3 is 2.53 bits per heavy atom. The van der Waals surface area contributed by atoms with Crippen LogP contribution in [-0.4, -0.2) is 80.1 Å². The van der Waals surface area contributed by atoms with E-state index in [1.54, 1.807) is 6.07 Å². The van der Waals surface area contributed by atoms with Crippen LogP contribution in [0.5, 0.6) is 5.75 Å². The average Bonchev–Trinajstić information content (AvgIpc) is 2.77. The van der Waals surface area contributed by atoms with E-state index in [0.29, 0.717) is 18.8 Å². The van der Waals surface area contributed by atoms with E-state index in [-0.39, 0.29) is 5.91 Å². The first-order chi connectivity index (χ1) is 15.5. The summed E-state index contributed by atoms with van der Waals surface area (Å²) in [6.07, 6.45) is 0. The summed E-state index contributed by atoms with van der Waals surface area (Å²) in [6.45, 7) is 7.00. The first kappa shape index (κ1) is 23.4. The summed E-state index contributed by atoms with van der Waals surface area (Å²) < 4.78 is 0. The van der Waals surface area contributed by atoms with Gasteiger partial charge in [0.2, 0.25) is 5.91 Å². The number of carbonyl (C=O) groups is 1. The van der Waals surface area contributed by atoms with Gasteiger partial charge in [0.15, 0.2) is 5.96 Å². The number of guanidine groups is 1. The molecule has 0 aliphatic carbocycles. The van der Waals surface area contributed by atoms with Crippen molar-refractivity contribution in [3.63, 3.8) is 0 Å². The third kappa shape index (κ3) is 6.62. The number of aliphatic imine (C=N–C) groups is 1. The summed E-state index contributed by atoms with van der Waals surface area (Å²) in [7, 11) is 3.74. The number of benzene rings is 2. The van der Waals surface area contributed by atoms with Gasteiger partial charge in [-0.1, -0.05) is 24.3 Å². The van der Waals surface area contributed by atoms with Gasteiger partial charge >= 0.3 is 0 Å². The molecule has 2 aromatic rings. The molecule has 8 heteroatoms. The maximum absolute atomic E-state index is 12.0. The van der Waals surface area contributed by atoms with Gasteiger partial charge < -0.3 is 30.4 Å². The molecule has 1 amide bonds. The van der Waals surface area contributed by atoms with Gasteiger partial charge in [-0.2, -0.15) is 0 Å². The monoisotopic (exact) mass is 438 g/mol. The number of phenols is 1. The molecule has 1 aliphatic heterocycles. The third-order valence-electron chi connectivity index (χ3n) is 5.22. The zero-order chi connectivity index (χ0) is 22.9. The van der Waals surface area contributed by atoms with E-state index in [9.17, 15) is 9.90 Å². The van der Waals surface area contributed by atoms with Gasteiger partial charge in [0.05, 0.1) is 18.8 Å². The number of hydrogen-bond donors (Lipinski definition) is 3. The second-order valence-corrected chi connectivity index (χ2v) is 8.12. The Balaban J connectivity index is 1.61. The summed E-state index contributed by atoms with van der Waals surface area (Å²) in [5.41, 5.74) is 2.70. The molecule has 0 aromatic heterocycles. The zero-order valence-electron chi connectivity index (χ0n) is 19.2. The molecule has 172 valence electrons. The third-order valence-corrected chi connectivity index (χ3v) is 5.22. The molecule has 0 radical (unpaired) electrons. The Kier molecular flexibility index (Phi) is 8.33. The summed E-state index contributed by atoms with van der Waals surface area (Å²) in [5, 5.41) is 16.5. The van der Waals surface area contributed by atoms with E-state index >= 15 is 0 Å². The molecule has 2 aromatic carbocycles. The molecule has 1 saturated heterocycles. The number of rotatable bonds is 7. The van der Waals surface area contributed by atoms with Crippen molar-refractivity contribution >= 4 is 23.2 Å². The number of amides is 1. The van der Waals surface area contributed by atoms with Crippen molar-refractivity contribution in [2.24, 2.45) is 4.99 Å². The van der Waals surface area contributed by atoms with Crippen LogP contribution >= 0.6 is 0 Å². The van der Waals surface area contributed by atoms with Crippen molar-refractivity contribution in [1.29, 1.82) is 0 Å². The molecule has 0 saturated carbocycles. The fourth-order valence-corrected chi connectivity index (χ4v) is 3.72. The van der Waals surface area contributed by atoms with Crippen LogP contribution in [0.25, 0.3) is 0 Å². The van der Waals surface area contributed by atoms with Crippen LogP contribution in [-0.2, 0) is 11.3 Å². The van der Waals surface area contributed by atoms with E-state index in [4.69, 9.17) is 4.99 Å². The number of hydrogen-bond acceptors (Lipinski definition) is 5. The SMILES string of the molecule is CCNC(=NCc1cccc(NC(=O)CN(C)C)c1)N1CCN(c2ccccc2O)CC1. The van der Waals surface area contributed by atoms with Crippen molar-refractivity contribution in [3.8, 4) is 5.75 Å². The quantitative estimate of drug-likeness (QED) is 0.454. The lowest BCUT2D eigenvalue weighted by atomic mass is 10.2. The summed E-state index contributed by atoms with van der Waals surface area (Å²) in [4.78, 5) is 23.2. The lowest BCUT2D eigenvalue weighted by Crippen LogP contribution is -2.52. The van der Waals surface area contributed by atoms with Gasteiger partial charge in [-0.05, 0) is 50.8 Å². The molecule has 8 nitrogen and oxygen atoms in total. The van der Waals surface area contributed by atoms with Gasteiger partial charge in [-0.3, -0.25) is 4.79 Å². The number of nitrogens with zero attached hydrogens (tertiary/aromatic N) is 4. The number of phenolic OH excluding ortho intramolecular Hbond substituents is 1. The Morgan fingerprint density at radius 1 is 1.09 bits per heavy atom. The van der Waals surface area contributed by atoms with Crippen LogP contribution in [0.4, 0.5) is 11.4 Å². The van der Waals surface area contributed by atoms with E-state index < -0.39 is 0 Å². The molecule has 1 fully saturated rings. The zero-order valence-corrected chi connectivity index (χ0v) is 19.2. The summed E-state index contributed by atoms with van der Waals surface area (Å²) in [6, 6.07) is 15.3. The van der Waals surface area contributed by atoms with Crippen LogP contribution in [0.3, 0.4) is 0 Å². The highest BCUT2D eigenvalue weighted by atomic mass is 16.3. The van der Waals surface area contributed by atoms with Crippen molar-refractivity contribution in [3.05, 3.63) is 54.1 Å². The van der Waals surface area contributed by atoms with Gasteiger partial charge in [0.25, 0.3) is 0 Å². The molecule has 1 heterocycles. The smallest absolute Gasteiger partial charge is 0.238 e. The molecule has 3 N–H and O–H groups in total. The van der Waals surface area contributed by atoms with Crippen LogP contribution < -0.4 is 15.5 Å². The highest BCUT2D eigenvalue weighted by Gasteiger charge is 2.21. The van der Waals surface area contributed by atoms with Gasteiger partial charge in [-0.25, -0.2) is 4.99 Å². The molecule has 0 spiro atoms. The molecule has 0 bridgehead atoms. The molecular weight excluding hydrogens is 404 g/mol. The first-order valence-corrected chi connectivity index (χ1v) is 11.1. The minimum Gasteiger partial charge on any atom is -0.506 e. The topological polar surface area (TPSA) is 83.4 Å². The molecule has 0 unspecified atom stereocenters. The summed E-state index contributed by atoms with van der Waals surface area (Å²) >= 11 is 0. The van der Waals surface area contributed by atoms with Crippen molar-refractivity contribution in [1.82, 2.24) is 15.1 Å². The molecular formula is C24H34N6O2. The van der Waals surface area contributed by atoms with Crippen LogP contribution in [0.2, 0.25) is 0 Å². The Hall–Kier alpha value is -3.26. The minimum atomic E-state index is -0.0358. The number of para-hydroxylation sites is 2. The number of carbonyl (C=O) groups excluding carboxylic acids is 1. The molecule has 32 heavy (non-hydrogen) atoms. The highest BCUT2D eigenvalue weighted by Crippen LogP contribution is 2.27. The van der Waals surface area contributed by atoms with Crippen LogP contribution in [0, 0.1) is 0 Å². The summed E-state index contributed by atoms with van der Waals surface area (Å²) in [5.74, 6) is 1.16. The van der Waals surface area contributed by atoms with Crippen molar-refractivity contribution in [2.45, 2.75) is 13.5 Å². The highest BCUT2D eigenvalue weighted by molar-refractivity contribution is 5.92. The predicted octanol–water partition coefficient (Wildman–Crippen LogP) is 2.18. The van der Waals surface area contributed by atoms with Gasteiger partial charge in [0.1, 0.15) is 5.75 Å². The van der Waals surface area contributed by atoms with Gasteiger partial charge in [0, 0.05) is 38.4 Å². The molecule has 3 rings (SSSR count). The lowest BCUT2D eigenvalue weighted by Gasteiger charge is -2.37. The van der Waals surface area contributed by atoms with E-state index in [1.807, 2.05) is 61.5 Å². The second kappa shape index (κ2) is 11.4. The molecule has 1 aliphatic rings. The molecule has 0 atom stereocenters. The van der Waals surface area contributed by atoms with Crippen molar-refractivity contribution in [2.75, 3.05) is 63.6 Å². The first-order valence-electron chi connectivity index (χ1n) is 11.1. The number of aromatic hydroxyl groups is 1. The fraction of sp³-hybridized carbons (Fsp3) is 0.417. The average molecular weight is 439 g/mol. The maximum atomic E-state index is 12.0. The number of likely N-dealkylation sites (N-methyl/N-ethyl adjacent to an activating group) is 1. The van der Waals surface area contributed by atoms with Crippen LogP contribution in [0.1, 0.15) is 12.5 Å². The van der Waals surface area contributed by atoms with Crippen LogP contribution in [0.15, 0.2) is 53.5 Å². The normalized spacial score (nSPS) is 14.6. The minimum absolute atomic E-state index is 0.0358. The second-order valence-electron chi connectivity index (χ2n) is 8.12. The Labute approximate surface area is 190 Å². The van der Waals surface area contributed by atoms with E-state index in [0.717, 1.165) is 55.6 Å². The fourth-order valence-electron chi connectivity index (χ4n) is 3.72. The van der Waals surface area contributed by atoms with Gasteiger partial charge in [-0.15, -0.1) is 0 Å². The standard InChI is InChI=1S/C24H34N6O2/c1-4-25-24(30-14-12-29(13-15-30)21-10-5-6-11-22(21)31)26-17-19-8-7-9-20(16-19)27-23(32)18-28(2)3/h5-11,16,31H,4,12-15,17-18H2,1-3H3,(H,25,26)(H,27,32). The number of piperazine rings is 1. The predicted molar refractivity (Wildman–Crippen MR) is 130 cm³/mol.